The second-order valence-corrected chi connectivity index (χ2v) is 8.42. The third-order valence-corrected chi connectivity index (χ3v) is 6.06. The smallest absolute Gasteiger partial charge is 0.335 e. The number of hydrogen-bond donors (Lipinski definition) is 1. The molecule has 1 aliphatic heterocycles. The van der Waals surface area contributed by atoms with Crippen LogP contribution in [0.1, 0.15) is 11.3 Å². The SMILES string of the molecule is Cc1cc(N2C(=O)NC(=O)/C(=C\c3ccc(-c4cc(Cl)ccc4Cl)o3)C2=O)ccc1Br. The second kappa shape index (κ2) is 8.34. The van der Waals surface area contributed by atoms with Crippen LogP contribution in [0.2, 0.25) is 10.0 Å². The average molecular weight is 520 g/mol. The number of hydrogen-bond acceptors (Lipinski definition) is 4. The van der Waals surface area contributed by atoms with Gasteiger partial charge in [0.25, 0.3) is 11.8 Å². The molecule has 4 amide bonds. The van der Waals surface area contributed by atoms with Crippen LogP contribution < -0.4 is 10.2 Å². The Morgan fingerprint density at radius 3 is 2.55 bits per heavy atom. The van der Waals surface area contributed by atoms with E-state index in [-0.39, 0.29) is 11.3 Å². The normalized spacial score (nSPS) is 15.5. The maximum atomic E-state index is 13.0. The second-order valence-electron chi connectivity index (χ2n) is 6.72. The number of halogens is 3. The lowest BCUT2D eigenvalue weighted by Crippen LogP contribution is -2.54. The molecule has 31 heavy (non-hydrogen) atoms. The van der Waals surface area contributed by atoms with Crippen molar-refractivity contribution in [3.8, 4) is 11.3 Å². The van der Waals surface area contributed by atoms with Gasteiger partial charge in [-0.3, -0.25) is 14.9 Å². The number of aryl methyl sites for hydroxylation is 1. The lowest BCUT2D eigenvalue weighted by molar-refractivity contribution is -0.122. The minimum Gasteiger partial charge on any atom is -0.457 e. The van der Waals surface area contributed by atoms with E-state index in [9.17, 15) is 14.4 Å². The van der Waals surface area contributed by atoms with E-state index in [2.05, 4.69) is 21.2 Å². The summed E-state index contributed by atoms with van der Waals surface area (Å²) in [5.74, 6) is -0.904. The van der Waals surface area contributed by atoms with Crippen LogP contribution in [0.5, 0.6) is 0 Å². The molecular formula is C22H13BrCl2N2O4. The van der Waals surface area contributed by atoms with Crippen LogP contribution in [-0.4, -0.2) is 17.8 Å². The molecule has 3 aromatic rings. The Kier molecular flexibility index (Phi) is 5.75. The number of rotatable bonds is 3. The highest BCUT2D eigenvalue weighted by molar-refractivity contribution is 9.10. The van der Waals surface area contributed by atoms with Crippen LogP contribution in [0.3, 0.4) is 0 Å². The molecular weight excluding hydrogens is 507 g/mol. The van der Waals surface area contributed by atoms with E-state index in [0.29, 0.717) is 27.1 Å². The van der Waals surface area contributed by atoms with Crippen LogP contribution in [0, 0.1) is 6.92 Å². The molecule has 1 aliphatic rings. The van der Waals surface area contributed by atoms with Crippen LogP contribution in [-0.2, 0) is 9.59 Å². The summed E-state index contributed by atoms with van der Waals surface area (Å²) in [6, 6.07) is 12.4. The first-order valence-corrected chi connectivity index (χ1v) is 10.5. The van der Waals surface area contributed by atoms with Gasteiger partial charge in [0, 0.05) is 15.1 Å². The molecule has 2 heterocycles. The Morgan fingerprint density at radius 2 is 1.81 bits per heavy atom. The fourth-order valence-corrected chi connectivity index (χ4v) is 3.69. The van der Waals surface area contributed by atoms with E-state index >= 15 is 0 Å². The molecule has 1 N–H and O–H groups in total. The standard InChI is InChI=1S/C22H13BrCl2N2O4/c1-11-8-13(3-5-17(11)23)27-21(29)16(20(28)26-22(27)30)10-14-4-7-19(31-14)15-9-12(24)2-6-18(15)25/h2-10H,1H3,(H,26,28,30)/b16-10+. The summed E-state index contributed by atoms with van der Waals surface area (Å²) >= 11 is 15.6. The summed E-state index contributed by atoms with van der Waals surface area (Å²) in [5.41, 5.74) is 1.50. The Balaban J connectivity index is 1.70. The van der Waals surface area contributed by atoms with E-state index in [1.807, 2.05) is 6.92 Å². The quantitative estimate of drug-likeness (QED) is 0.340. The van der Waals surface area contributed by atoms with Gasteiger partial charge in [-0.25, -0.2) is 9.69 Å². The number of nitrogens with one attached hydrogen (secondary N) is 1. The van der Waals surface area contributed by atoms with Gasteiger partial charge in [0.1, 0.15) is 17.1 Å². The van der Waals surface area contributed by atoms with E-state index in [1.54, 1.807) is 48.5 Å². The summed E-state index contributed by atoms with van der Waals surface area (Å²) < 4.78 is 6.58. The number of nitrogens with zero attached hydrogens (tertiary/aromatic N) is 1. The van der Waals surface area contributed by atoms with Gasteiger partial charge >= 0.3 is 6.03 Å². The molecule has 4 rings (SSSR count). The van der Waals surface area contributed by atoms with Crippen molar-refractivity contribution in [2.75, 3.05) is 4.90 Å². The number of amides is 4. The fraction of sp³-hybridized carbons (Fsp3) is 0.0455. The first kappa shape index (κ1) is 21.4. The van der Waals surface area contributed by atoms with Crippen molar-refractivity contribution >= 4 is 68.7 Å². The lowest BCUT2D eigenvalue weighted by atomic mass is 10.1. The van der Waals surface area contributed by atoms with Gasteiger partial charge in [-0.2, -0.15) is 0 Å². The number of furan rings is 1. The van der Waals surface area contributed by atoms with Gasteiger partial charge in [0.05, 0.1) is 10.7 Å². The van der Waals surface area contributed by atoms with Crippen molar-refractivity contribution in [2.45, 2.75) is 6.92 Å². The average Bonchev–Trinajstić information content (AvgIpc) is 3.18. The van der Waals surface area contributed by atoms with Crippen LogP contribution in [0.25, 0.3) is 17.4 Å². The van der Waals surface area contributed by atoms with Gasteiger partial charge in [0.2, 0.25) is 0 Å². The van der Waals surface area contributed by atoms with Gasteiger partial charge < -0.3 is 4.42 Å². The molecule has 0 atom stereocenters. The summed E-state index contributed by atoms with van der Waals surface area (Å²) in [6.45, 7) is 1.83. The zero-order chi connectivity index (χ0) is 22.3. The van der Waals surface area contributed by atoms with Crippen molar-refractivity contribution in [3.05, 3.63) is 79.9 Å². The van der Waals surface area contributed by atoms with E-state index in [4.69, 9.17) is 27.6 Å². The molecule has 0 aliphatic carbocycles. The Hall–Kier alpha value is -2.87. The molecule has 6 nitrogen and oxygen atoms in total. The monoisotopic (exact) mass is 518 g/mol. The molecule has 0 saturated carbocycles. The number of benzene rings is 2. The zero-order valence-electron chi connectivity index (χ0n) is 15.9. The van der Waals surface area contributed by atoms with Crippen molar-refractivity contribution in [2.24, 2.45) is 0 Å². The first-order valence-electron chi connectivity index (χ1n) is 8.97. The van der Waals surface area contributed by atoms with Crippen LogP contribution in [0.15, 0.2) is 63.0 Å². The fourth-order valence-electron chi connectivity index (χ4n) is 3.06. The molecule has 1 fully saturated rings. The summed E-state index contributed by atoms with van der Waals surface area (Å²) in [4.78, 5) is 38.6. The van der Waals surface area contributed by atoms with Gasteiger partial charge in [-0.05, 0) is 67.1 Å². The third-order valence-electron chi connectivity index (χ3n) is 4.61. The molecule has 156 valence electrons. The summed E-state index contributed by atoms with van der Waals surface area (Å²) in [5, 5.41) is 3.10. The minimum atomic E-state index is -0.820. The lowest BCUT2D eigenvalue weighted by Gasteiger charge is -2.26. The number of urea groups is 1. The maximum Gasteiger partial charge on any atom is 0.335 e. The van der Waals surface area contributed by atoms with Crippen molar-refractivity contribution < 1.29 is 18.8 Å². The Morgan fingerprint density at radius 1 is 1.03 bits per heavy atom. The van der Waals surface area contributed by atoms with E-state index in [1.165, 1.54) is 6.08 Å². The third kappa shape index (κ3) is 4.17. The number of imide groups is 2. The molecule has 9 heteroatoms. The van der Waals surface area contributed by atoms with Crippen molar-refractivity contribution in [1.29, 1.82) is 0 Å². The molecule has 0 bridgehead atoms. The minimum absolute atomic E-state index is 0.238. The van der Waals surface area contributed by atoms with Gasteiger partial charge in [0.15, 0.2) is 0 Å². The van der Waals surface area contributed by atoms with Gasteiger partial charge in [-0.1, -0.05) is 39.1 Å². The number of barbiturate groups is 1. The molecule has 1 saturated heterocycles. The van der Waals surface area contributed by atoms with Gasteiger partial charge in [-0.15, -0.1) is 0 Å². The molecule has 0 radical (unpaired) electrons. The Bertz CT molecular complexity index is 1280. The van der Waals surface area contributed by atoms with Crippen LogP contribution in [0.4, 0.5) is 10.5 Å². The predicted octanol–water partition coefficient (Wildman–Crippen LogP) is 5.99. The van der Waals surface area contributed by atoms with Crippen LogP contribution >= 0.6 is 39.1 Å². The molecule has 2 aromatic carbocycles. The zero-order valence-corrected chi connectivity index (χ0v) is 19.0. The summed E-state index contributed by atoms with van der Waals surface area (Å²) in [7, 11) is 0. The maximum absolute atomic E-state index is 13.0. The first-order chi connectivity index (χ1) is 14.7. The van der Waals surface area contributed by atoms with E-state index in [0.717, 1.165) is 14.9 Å². The molecule has 0 spiro atoms. The predicted molar refractivity (Wildman–Crippen MR) is 122 cm³/mol. The van der Waals surface area contributed by atoms with Crippen molar-refractivity contribution in [3.63, 3.8) is 0 Å². The molecule has 0 unspecified atom stereocenters. The van der Waals surface area contributed by atoms with E-state index < -0.39 is 17.8 Å². The Labute approximate surface area is 195 Å². The highest BCUT2D eigenvalue weighted by Gasteiger charge is 2.37. The number of carbonyl (C=O) groups excluding carboxylic acids is 3. The van der Waals surface area contributed by atoms with Crippen molar-refractivity contribution in [1.82, 2.24) is 5.32 Å². The number of carbonyl (C=O) groups is 3. The largest absolute Gasteiger partial charge is 0.457 e. The topological polar surface area (TPSA) is 79.6 Å². The number of anilines is 1. The highest BCUT2D eigenvalue weighted by Crippen LogP contribution is 2.33. The highest BCUT2D eigenvalue weighted by atomic mass is 79.9. The summed E-state index contributed by atoms with van der Waals surface area (Å²) in [6.07, 6.45) is 1.28. The molecule has 1 aromatic heterocycles.